The van der Waals surface area contributed by atoms with Crippen LogP contribution in [0.2, 0.25) is 5.02 Å². The Hall–Kier alpha value is -2.07. The second-order valence-electron chi connectivity index (χ2n) is 4.87. The molecule has 0 aliphatic rings. The van der Waals surface area contributed by atoms with E-state index in [4.69, 9.17) is 11.6 Å². The highest BCUT2D eigenvalue weighted by Gasteiger charge is 2.01. The third-order valence-electron chi connectivity index (χ3n) is 3.26. The SMILES string of the molecule is CN=C(NCCCc1ccccc1Cl)NCc1ccccn1. The standard InChI is InChI=1S/C17H21ClN4/c1-19-17(22-13-15-9-4-5-11-20-15)21-12-6-8-14-7-2-3-10-16(14)18/h2-5,7,9-11H,6,8,12-13H2,1H3,(H2,19,21,22). The van der Waals surface area contributed by atoms with Crippen LogP contribution in [0, 0.1) is 0 Å². The van der Waals surface area contributed by atoms with Gasteiger partial charge in [0.2, 0.25) is 0 Å². The van der Waals surface area contributed by atoms with Gasteiger partial charge in [0.15, 0.2) is 5.96 Å². The van der Waals surface area contributed by atoms with E-state index in [1.165, 1.54) is 5.56 Å². The second-order valence-corrected chi connectivity index (χ2v) is 5.28. The van der Waals surface area contributed by atoms with Gasteiger partial charge >= 0.3 is 0 Å². The highest BCUT2D eigenvalue weighted by atomic mass is 35.5. The minimum Gasteiger partial charge on any atom is -0.356 e. The van der Waals surface area contributed by atoms with Crippen molar-refractivity contribution in [3.63, 3.8) is 0 Å². The Kier molecular flexibility index (Phi) is 6.71. The summed E-state index contributed by atoms with van der Waals surface area (Å²) in [6.45, 7) is 1.50. The van der Waals surface area contributed by atoms with E-state index in [-0.39, 0.29) is 0 Å². The molecule has 5 heteroatoms. The van der Waals surface area contributed by atoms with Crippen molar-refractivity contribution in [1.29, 1.82) is 0 Å². The molecule has 22 heavy (non-hydrogen) atoms. The van der Waals surface area contributed by atoms with Crippen molar-refractivity contribution < 1.29 is 0 Å². The molecule has 0 spiro atoms. The van der Waals surface area contributed by atoms with Gasteiger partial charge in [-0.15, -0.1) is 0 Å². The van der Waals surface area contributed by atoms with Gasteiger partial charge < -0.3 is 10.6 Å². The first kappa shape index (κ1) is 16.3. The largest absolute Gasteiger partial charge is 0.356 e. The van der Waals surface area contributed by atoms with E-state index in [1.54, 1.807) is 13.2 Å². The summed E-state index contributed by atoms with van der Waals surface area (Å²) in [4.78, 5) is 8.48. The molecule has 0 saturated heterocycles. The fourth-order valence-corrected chi connectivity index (χ4v) is 2.31. The van der Waals surface area contributed by atoms with Gasteiger partial charge in [-0.25, -0.2) is 0 Å². The van der Waals surface area contributed by atoms with Gasteiger partial charge in [0.05, 0.1) is 12.2 Å². The third kappa shape index (κ3) is 5.37. The molecule has 0 atom stereocenters. The lowest BCUT2D eigenvalue weighted by Crippen LogP contribution is -2.37. The summed E-state index contributed by atoms with van der Waals surface area (Å²) in [7, 11) is 1.77. The lowest BCUT2D eigenvalue weighted by Gasteiger charge is -2.11. The molecule has 2 aromatic rings. The third-order valence-corrected chi connectivity index (χ3v) is 3.63. The summed E-state index contributed by atoms with van der Waals surface area (Å²) in [5.41, 5.74) is 2.17. The number of aryl methyl sites for hydroxylation is 1. The fraction of sp³-hybridized carbons (Fsp3) is 0.294. The maximum Gasteiger partial charge on any atom is 0.191 e. The Bertz CT molecular complexity index is 599. The van der Waals surface area contributed by atoms with Crippen molar-refractivity contribution in [1.82, 2.24) is 15.6 Å². The van der Waals surface area contributed by atoms with E-state index in [9.17, 15) is 0 Å². The maximum atomic E-state index is 6.15. The number of aromatic nitrogens is 1. The zero-order chi connectivity index (χ0) is 15.6. The lowest BCUT2D eigenvalue weighted by atomic mass is 10.1. The molecule has 116 valence electrons. The van der Waals surface area contributed by atoms with E-state index >= 15 is 0 Å². The van der Waals surface area contributed by atoms with Crippen LogP contribution < -0.4 is 10.6 Å². The summed E-state index contributed by atoms with van der Waals surface area (Å²) in [5.74, 6) is 0.782. The molecular weight excluding hydrogens is 296 g/mol. The van der Waals surface area contributed by atoms with Crippen molar-refractivity contribution >= 4 is 17.6 Å². The number of hydrogen-bond acceptors (Lipinski definition) is 2. The van der Waals surface area contributed by atoms with Gasteiger partial charge in [0, 0.05) is 24.8 Å². The number of nitrogens with one attached hydrogen (secondary N) is 2. The number of pyridine rings is 1. The Balaban J connectivity index is 1.70. The molecule has 0 fully saturated rings. The topological polar surface area (TPSA) is 49.3 Å². The van der Waals surface area contributed by atoms with Gasteiger partial charge in [0.1, 0.15) is 0 Å². The summed E-state index contributed by atoms with van der Waals surface area (Å²) >= 11 is 6.15. The lowest BCUT2D eigenvalue weighted by molar-refractivity contribution is 0.738. The predicted octanol–water partition coefficient (Wildman–Crippen LogP) is 3.03. The first-order valence-electron chi connectivity index (χ1n) is 7.37. The zero-order valence-corrected chi connectivity index (χ0v) is 13.5. The highest BCUT2D eigenvalue weighted by Crippen LogP contribution is 2.16. The number of rotatable bonds is 6. The number of benzene rings is 1. The summed E-state index contributed by atoms with van der Waals surface area (Å²) in [6.07, 6.45) is 3.73. The smallest absolute Gasteiger partial charge is 0.191 e. The molecule has 0 aliphatic carbocycles. The quantitative estimate of drug-likeness (QED) is 0.489. The van der Waals surface area contributed by atoms with Crippen LogP contribution in [0.15, 0.2) is 53.7 Å². The van der Waals surface area contributed by atoms with Crippen molar-refractivity contribution in [3.8, 4) is 0 Å². The van der Waals surface area contributed by atoms with Crippen LogP contribution in [0.3, 0.4) is 0 Å². The molecule has 1 aromatic heterocycles. The van der Waals surface area contributed by atoms with Crippen LogP contribution in [-0.4, -0.2) is 24.5 Å². The van der Waals surface area contributed by atoms with Gasteiger partial charge in [-0.1, -0.05) is 35.9 Å². The molecule has 1 heterocycles. The number of nitrogens with zero attached hydrogens (tertiary/aromatic N) is 2. The van der Waals surface area contributed by atoms with Gasteiger partial charge in [-0.3, -0.25) is 9.98 Å². The van der Waals surface area contributed by atoms with Gasteiger partial charge in [0.25, 0.3) is 0 Å². The monoisotopic (exact) mass is 316 g/mol. The molecular formula is C17H21ClN4. The highest BCUT2D eigenvalue weighted by molar-refractivity contribution is 6.31. The second kappa shape index (κ2) is 9.05. The average Bonchev–Trinajstić information content (AvgIpc) is 2.56. The van der Waals surface area contributed by atoms with Crippen LogP contribution in [0.25, 0.3) is 0 Å². The number of hydrogen-bond donors (Lipinski definition) is 2. The molecule has 2 rings (SSSR count). The molecule has 0 unspecified atom stereocenters. The minimum absolute atomic E-state index is 0.658. The molecule has 0 amide bonds. The van der Waals surface area contributed by atoms with E-state index in [0.717, 1.165) is 36.1 Å². The van der Waals surface area contributed by atoms with Crippen molar-refractivity contribution in [2.75, 3.05) is 13.6 Å². The molecule has 0 bridgehead atoms. The number of halogens is 1. The van der Waals surface area contributed by atoms with E-state index in [0.29, 0.717) is 6.54 Å². The number of guanidine groups is 1. The number of aliphatic imine (C=N–C) groups is 1. The first-order chi connectivity index (χ1) is 10.8. The molecule has 4 nitrogen and oxygen atoms in total. The van der Waals surface area contributed by atoms with Crippen molar-refractivity contribution in [2.24, 2.45) is 4.99 Å². The van der Waals surface area contributed by atoms with Crippen LogP contribution in [0.4, 0.5) is 0 Å². The van der Waals surface area contributed by atoms with E-state index < -0.39 is 0 Å². The molecule has 1 aromatic carbocycles. The Labute approximate surface area is 136 Å². The maximum absolute atomic E-state index is 6.15. The summed E-state index contributed by atoms with van der Waals surface area (Å²) < 4.78 is 0. The molecule has 0 saturated carbocycles. The average molecular weight is 317 g/mol. The zero-order valence-electron chi connectivity index (χ0n) is 12.7. The van der Waals surface area contributed by atoms with Crippen LogP contribution in [0.1, 0.15) is 17.7 Å². The first-order valence-corrected chi connectivity index (χ1v) is 7.75. The van der Waals surface area contributed by atoms with Gasteiger partial charge in [-0.2, -0.15) is 0 Å². The van der Waals surface area contributed by atoms with Crippen LogP contribution in [0.5, 0.6) is 0 Å². The normalized spacial score (nSPS) is 11.3. The Morgan fingerprint density at radius 2 is 1.95 bits per heavy atom. The van der Waals surface area contributed by atoms with E-state index in [1.807, 2.05) is 36.4 Å². The predicted molar refractivity (Wildman–Crippen MR) is 92.2 cm³/mol. The van der Waals surface area contributed by atoms with Gasteiger partial charge in [-0.05, 0) is 36.6 Å². The van der Waals surface area contributed by atoms with Crippen molar-refractivity contribution in [2.45, 2.75) is 19.4 Å². The Morgan fingerprint density at radius 1 is 1.14 bits per heavy atom. The molecule has 2 N–H and O–H groups in total. The summed E-state index contributed by atoms with van der Waals surface area (Å²) in [5, 5.41) is 7.38. The van der Waals surface area contributed by atoms with Crippen LogP contribution >= 0.6 is 11.6 Å². The molecule has 0 radical (unpaired) electrons. The van der Waals surface area contributed by atoms with E-state index in [2.05, 4.69) is 26.7 Å². The molecule has 0 aliphatic heterocycles. The minimum atomic E-state index is 0.658. The summed E-state index contributed by atoms with van der Waals surface area (Å²) in [6, 6.07) is 13.8. The Morgan fingerprint density at radius 3 is 2.68 bits per heavy atom. The van der Waals surface area contributed by atoms with Crippen LogP contribution in [-0.2, 0) is 13.0 Å². The van der Waals surface area contributed by atoms with Crippen molar-refractivity contribution in [3.05, 3.63) is 64.9 Å². The fourth-order valence-electron chi connectivity index (χ4n) is 2.08.